The van der Waals surface area contributed by atoms with Crippen molar-refractivity contribution >= 4 is 0 Å². The zero-order valence-electron chi connectivity index (χ0n) is 9.95. The minimum atomic E-state index is 0.208. The summed E-state index contributed by atoms with van der Waals surface area (Å²) in [5, 5.41) is 3.34. The Morgan fingerprint density at radius 2 is 1.81 bits per heavy atom. The largest absolute Gasteiger partial charge is 0.469 e. The van der Waals surface area contributed by atoms with Crippen LogP contribution in [0.5, 0.6) is 0 Å². The Morgan fingerprint density at radius 1 is 1.06 bits per heavy atom. The second-order valence-electron chi connectivity index (χ2n) is 4.01. The summed E-state index contributed by atoms with van der Waals surface area (Å²) in [5.74, 6) is 0.975. The van der Waals surface area contributed by atoms with Gasteiger partial charge in [0.25, 0.3) is 0 Å². The van der Waals surface area contributed by atoms with Gasteiger partial charge in [-0.2, -0.15) is 0 Å². The van der Waals surface area contributed by atoms with Gasteiger partial charge in [-0.25, -0.2) is 0 Å². The lowest BCUT2D eigenvalue weighted by Crippen LogP contribution is -2.18. The lowest BCUT2D eigenvalue weighted by atomic mass is 9.95. The summed E-state index contributed by atoms with van der Waals surface area (Å²) < 4.78 is 5.37. The van der Waals surface area contributed by atoms with Crippen molar-refractivity contribution in [1.82, 2.24) is 5.32 Å². The van der Waals surface area contributed by atoms with Gasteiger partial charge in [0.1, 0.15) is 5.76 Å². The molecule has 0 spiro atoms. The van der Waals surface area contributed by atoms with Gasteiger partial charge in [-0.15, -0.1) is 0 Å². The molecule has 0 saturated carbocycles. The fraction of sp³-hybridized carbons (Fsp3) is 0.286. The summed E-state index contributed by atoms with van der Waals surface area (Å²) in [4.78, 5) is 0. The predicted molar refractivity (Wildman–Crippen MR) is 65.5 cm³/mol. The van der Waals surface area contributed by atoms with E-state index >= 15 is 0 Å². The average molecular weight is 215 g/mol. The van der Waals surface area contributed by atoms with E-state index in [9.17, 15) is 0 Å². The van der Waals surface area contributed by atoms with Gasteiger partial charge in [-0.3, -0.25) is 0 Å². The van der Waals surface area contributed by atoms with Crippen LogP contribution < -0.4 is 5.32 Å². The lowest BCUT2D eigenvalue weighted by Gasteiger charge is -2.18. The highest BCUT2D eigenvalue weighted by molar-refractivity contribution is 5.37. The minimum absolute atomic E-state index is 0.208. The highest BCUT2D eigenvalue weighted by atomic mass is 16.3. The highest BCUT2D eigenvalue weighted by Gasteiger charge is 2.17. The van der Waals surface area contributed by atoms with E-state index in [4.69, 9.17) is 4.42 Å². The first kappa shape index (κ1) is 11.0. The van der Waals surface area contributed by atoms with Crippen LogP contribution >= 0.6 is 0 Å². The van der Waals surface area contributed by atoms with Crippen LogP contribution in [0.2, 0.25) is 0 Å². The van der Waals surface area contributed by atoms with Gasteiger partial charge >= 0.3 is 0 Å². The molecular weight excluding hydrogens is 198 g/mol. The van der Waals surface area contributed by atoms with Gasteiger partial charge in [-0.1, -0.05) is 24.3 Å². The van der Waals surface area contributed by atoms with Crippen molar-refractivity contribution in [2.24, 2.45) is 0 Å². The molecule has 16 heavy (non-hydrogen) atoms. The van der Waals surface area contributed by atoms with Crippen molar-refractivity contribution < 1.29 is 4.42 Å². The quantitative estimate of drug-likeness (QED) is 0.850. The maximum absolute atomic E-state index is 5.37. The molecule has 0 fully saturated rings. The molecule has 1 N–H and O–H groups in total. The lowest BCUT2D eigenvalue weighted by molar-refractivity contribution is 0.523. The van der Waals surface area contributed by atoms with Crippen molar-refractivity contribution in [3.63, 3.8) is 0 Å². The Bertz CT molecular complexity index is 473. The zero-order valence-corrected chi connectivity index (χ0v) is 9.95. The second kappa shape index (κ2) is 4.54. The Morgan fingerprint density at radius 3 is 2.38 bits per heavy atom. The molecule has 2 rings (SSSR count). The van der Waals surface area contributed by atoms with E-state index in [0.29, 0.717) is 0 Å². The van der Waals surface area contributed by atoms with E-state index < -0.39 is 0 Å². The summed E-state index contributed by atoms with van der Waals surface area (Å²) in [6.45, 7) is 4.13. The third kappa shape index (κ3) is 1.89. The molecule has 84 valence electrons. The summed E-state index contributed by atoms with van der Waals surface area (Å²) >= 11 is 0. The molecule has 1 aromatic heterocycles. The van der Waals surface area contributed by atoms with Crippen molar-refractivity contribution in [1.29, 1.82) is 0 Å². The summed E-state index contributed by atoms with van der Waals surface area (Å²) in [5.41, 5.74) is 3.80. The second-order valence-corrected chi connectivity index (χ2v) is 4.01. The first-order valence-electron chi connectivity index (χ1n) is 5.51. The molecule has 0 bridgehead atoms. The summed E-state index contributed by atoms with van der Waals surface area (Å²) in [6, 6.07) is 10.7. The van der Waals surface area contributed by atoms with Gasteiger partial charge in [0.05, 0.1) is 12.3 Å². The number of hydrogen-bond donors (Lipinski definition) is 1. The smallest absolute Gasteiger partial charge is 0.105 e. The number of aryl methyl sites for hydroxylation is 2. The Labute approximate surface area is 96.3 Å². The number of nitrogens with one attached hydrogen (secondary N) is 1. The molecule has 1 atom stereocenters. The van der Waals surface area contributed by atoms with Crippen molar-refractivity contribution in [2.75, 3.05) is 7.05 Å². The zero-order chi connectivity index (χ0) is 11.5. The van der Waals surface area contributed by atoms with Gasteiger partial charge < -0.3 is 9.73 Å². The molecule has 0 aliphatic rings. The van der Waals surface area contributed by atoms with Crippen LogP contribution in [0.15, 0.2) is 41.0 Å². The number of furan rings is 1. The highest BCUT2D eigenvalue weighted by Crippen LogP contribution is 2.27. The monoisotopic (exact) mass is 215 g/mol. The molecule has 2 aromatic rings. The number of rotatable bonds is 3. The number of benzene rings is 1. The van der Waals surface area contributed by atoms with Gasteiger partial charge in [0.15, 0.2) is 0 Å². The molecule has 1 unspecified atom stereocenters. The van der Waals surface area contributed by atoms with Crippen LogP contribution in [0, 0.1) is 13.8 Å². The topological polar surface area (TPSA) is 25.2 Å². The fourth-order valence-electron chi connectivity index (χ4n) is 2.08. The van der Waals surface area contributed by atoms with Crippen LogP contribution in [0.3, 0.4) is 0 Å². The molecule has 0 aliphatic carbocycles. The third-order valence-electron chi connectivity index (χ3n) is 3.00. The summed E-state index contributed by atoms with van der Waals surface area (Å²) in [6.07, 6.45) is 1.74. The van der Waals surface area contributed by atoms with Gasteiger partial charge in [-0.05, 0) is 38.1 Å². The molecule has 1 aromatic carbocycles. The maximum atomic E-state index is 5.37. The van der Waals surface area contributed by atoms with E-state index in [2.05, 4.69) is 36.5 Å². The molecule has 2 nitrogen and oxygen atoms in total. The molecule has 0 saturated heterocycles. The van der Waals surface area contributed by atoms with E-state index in [0.717, 1.165) is 5.76 Å². The van der Waals surface area contributed by atoms with Crippen LogP contribution in [0.25, 0.3) is 0 Å². The summed E-state index contributed by atoms with van der Waals surface area (Å²) in [7, 11) is 1.98. The van der Waals surface area contributed by atoms with Crippen LogP contribution in [0.1, 0.15) is 28.5 Å². The average Bonchev–Trinajstić information content (AvgIpc) is 2.69. The predicted octanol–water partition coefficient (Wildman–Crippen LogP) is 3.21. The van der Waals surface area contributed by atoms with E-state index in [1.165, 1.54) is 16.7 Å². The fourth-order valence-corrected chi connectivity index (χ4v) is 2.08. The minimum Gasteiger partial charge on any atom is -0.469 e. The van der Waals surface area contributed by atoms with Crippen LogP contribution in [-0.4, -0.2) is 7.05 Å². The van der Waals surface area contributed by atoms with Gasteiger partial charge in [0.2, 0.25) is 0 Å². The molecule has 2 heteroatoms. The van der Waals surface area contributed by atoms with Crippen LogP contribution in [-0.2, 0) is 0 Å². The molecule has 1 heterocycles. The molecular formula is C14H17NO. The normalized spacial score (nSPS) is 12.7. The molecule has 0 radical (unpaired) electrons. The molecule has 0 aliphatic heterocycles. The van der Waals surface area contributed by atoms with Crippen molar-refractivity contribution in [3.8, 4) is 0 Å². The van der Waals surface area contributed by atoms with E-state index in [1.807, 2.05) is 20.0 Å². The third-order valence-corrected chi connectivity index (χ3v) is 3.00. The van der Waals surface area contributed by atoms with Gasteiger partial charge in [0, 0.05) is 5.56 Å². The van der Waals surface area contributed by atoms with Crippen LogP contribution in [0.4, 0.5) is 0 Å². The van der Waals surface area contributed by atoms with Crippen molar-refractivity contribution in [2.45, 2.75) is 19.9 Å². The van der Waals surface area contributed by atoms with E-state index in [-0.39, 0.29) is 6.04 Å². The first-order chi connectivity index (χ1) is 7.74. The number of hydrogen-bond acceptors (Lipinski definition) is 2. The van der Waals surface area contributed by atoms with Crippen molar-refractivity contribution in [3.05, 3.63) is 59.0 Å². The Hall–Kier alpha value is -1.54. The Kier molecular flexibility index (Phi) is 3.11. The molecule has 0 amide bonds. The standard InChI is InChI=1S/C14H17NO/c1-10-6-4-5-7-12(10)14(15-3)13-8-9-16-11(13)2/h4-9,14-15H,1-3H3. The SMILES string of the molecule is CNC(c1ccccc1C)c1ccoc1C. The Balaban J connectivity index is 2.45. The van der Waals surface area contributed by atoms with E-state index in [1.54, 1.807) is 6.26 Å². The maximum Gasteiger partial charge on any atom is 0.105 e. The first-order valence-corrected chi connectivity index (χ1v) is 5.51.